The number of nitrogens with zero attached hydrogens (tertiary/aromatic N) is 1. The van der Waals surface area contributed by atoms with Gasteiger partial charge in [0.2, 0.25) is 0 Å². The highest BCUT2D eigenvalue weighted by Crippen LogP contribution is 2.35. The van der Waals surface area contributed by atoms with Crippen molar-refractivity contribution >= 4 is 40.2 Å². The zero-order chi connectivity index (χ0) is 14.3. The Hall–Kier alpha value is -1.52. The van der Waals surface area contributed by atoms with Crippen molar-refractivity contribution in [3.8, 4) is 0 Å². The van der Waals surface area contributed by atoms with Gasteiger partial charge in [0.25, 0.3) is 0 Å². The standard InChI is InChI=1S/C14H12Cl2N2O2/c15-9-5-11-12(6-10(9)16)18-13(17-11)7-3-1-2-4-8(7)14(19)20/h1-2,5-8H,3-4H2,(H,17,18)(H,19,20). The summed E-state index contributed by atoms with van der Waals surface area (Å²) in [6.45, 7) is 0. The number of carbonyl (C=O) groups is 1. The summed E-state index contributed by atoms with van der Waals surface area (Å²) in [5, 5.41) is 10.2. The van der Waals surface area contributed by atoms with Crippen molar-refractivity contribution in [3.05, 3.63) is 40.2 Å². The molecule has 1 aliphatic carbocycles. The Morgan fingerprint density at radius 2 is 1.95 bits per heavy atom. The summed E-state index contributed by atoms with van der Waals surface area (Å²) in [4.78, 5) is 19.0. The van der Waals surface area contributed by atoms with E-state index < -0.39 is 11.9 Å². The number of fused-ring (bicyclic) bond motifs is 1. The number of hydrogen-bond donors (Lipinski definition) is 2. The van der Waals surface area contributed by atoms with E-state index in [0.29, 0.717) is 34.2 Å². The molecule has 20 heavy (non-hydrogen) atoms. The number of H-pyrrole nitrogens is 1. The van der Waals surface area contributed by atoms with Crippen molar-refractivity contribution in [2.75, 3.05) is 0 Å². The van der Waals surface area contributed by atoms with E-state index in [0.717, 1.165) is 5.52 Å². The number of rotatable bonds is 2. The van der Waals surface area contributed by atoms with Crippen LogP contribution in [0.5, 0.6) is 0 Å². The van der Waals surface area contributed by atoms with Gasteiger partial charge in [0, 0.05) is 5.92 Å². The Kier molecular flexibility index (Phi) is 3.44. The van der Waals surface area contributed by atoms with E-state index in [-0.39, 0.29) is 5.92 Å². The summed E-state index contributed by atoms with van der Waals surface area (Å²) in [7, 11) is 0. The van der Waals surface area contributed by atoms with Crippen LogP contribution >= 0.6 is 23.2 Å². The van der Waals surface area contributed by atoms with E-state index in [2.05, 4.69) is 9.97 Å². The molecular weight excluding hydrogens is 299 g/mol. The van der Waals surface area contributed by atoms with E-state index >= 15 is 0 Å². The summed E-state index contributed by atoms with van der Waals surface area (Å²) in [6.07, 6.45) is 5.10. The van der Waals surface area contributed by atoms with E-state index in [4.69, 9.17) is 23.2 Å². The Labute approximate surface area is 125 Å². The molecule has 6 heteroatoms. The fourth-order valence-corrected chi connectivity index (χ4v) is 2.91. The van der Waals surface area contributed by atoms with Crippen LogP contribution < -0.4 is 0 Å². The third kappa shape index (κ3) is 2.30. The second-order valence-electron chi connectivity index (χ2n) is 4.90. The molecule has 0 saturated carbocycles. The van der Waals surface area contributed by atoms with Crippen LogP contribution in [0.1, 0.15) is 24.6 Å². The summed E-state index contributed by atoms with van der Waals surface area (Å²) in [6, 6.07) is 3.40. The molecule has 0 saturated heterocycles. The lowest BCUT2D eigenvalue weighted by molar-refractivity contribution is -0.142. The SMILES string of the molecule is O=C(O)C1CC=CCC1c1nc2cc(Cl)c(Cl)cc2[nH]1. The summed E-state index contributed by atoms with van der Waals surface area (Å²) >= 11 is 11.9. The average molecular weight is 311 g/mol. The maximum Gasteiger partial charge on any atom is 0.307 e. The first-order chi connectivity index (χ1) is 9.56. The summed E-state index contributed by atoms with van der Waals surface area (Å²) in [5.41, 5.74) is 1.47. The number of carboxylic acid groups (broad SMARTS) is 1. The molecule has 4 nitrogen and oxygen atoms in total. The fourth-order valence-electron chi connectivity index (χ4n) is 2.59. The lowest BCUT2D eigenvalue weighted by atomic mass is 9.82. The summed E-state index contributed by atoms with van der Waals surface area (Å²) in [5.74, 6) is -0.722. The van der Waals surface area contributed by atoms with Crippen LogP contribution in [0, 0.1) is 5.92 Å². The molecular formula is C14H12Cl2N2O2. The van der Waals surface area contributed by atoms with E-state index in [9.17, 15) is 9.90 Å². The molecule has 104 valence electrons. The molecule has 1 aromatic heterocycles. The van der Waals surface area contributed by atoms with Gasteiger partial charge in [-0.05, 0) is 25.0 Å². The second-order valence-corrected chi connectivity index (χ2v) is 5.71. The van der Waals surface area contributed by atoms with Crippen LogP contribution in [-0.2, 0) is 4.79 Å². The molecule has 0 bridgehead atoms. The monoisotopic (exact) mass is 310 g/mol. The zero-order valence-electron chi connectivity index (χ0n) is 10.4. The number of hydrogen-bond acceptors (Lipinski definition) is 2. The molecule has 2 N–H and O–H groups in total. The molecule has 2 aromatic rings. The topological polar surface area (TPSA) is 66.0 Å². The van der Waals surface area contributed by atoms with Gasteiger partial charge in [-0.25, -0.2) is 4.98 Å². The number of imidazole rings is 1. The van der Waals surface area contributed by atoms with Crippen molar-refractivity contribution < 1.29 is 9.90 Å². The van der Waals surface area contributed by atoms with Crippen LogP contribution in [0.25, 0.3) is 11.0 Å². The van der Waals surface area contributed by atoms with Gasteiger partial charge in [-0.1, -0.05) is 35.4 Å². The molecule has 1 aromatic carbocycles. The van der Waals surface area contributed by atoms with Crippen molar-refractivity contribution in [1.82, 2.24) is 9.97 Å². The minimum atomic E-state index is -0.795. The Morgan fingerprint density at radius 1 is 1.25 bits per heavy atom. The minimum Gasteiger partial charge on any atom is -0.481 e. The van der Waals surface area contributed by atoms with Gasteiger partial charge in [0.05, 0.1) is 27.0 Å². The van der Waals surface area contributed by atoms with E-state index in [1.807, 2.05) is 12.2 Å². The van der Waals surface area contributed by atoms with Crippen LogP contribution in [-0.4, -0.2) is 21.0 Å². The smallest absolute Gasteiger partial charge is 0.307 e. The first kappa shape index (κ1) is 13.5. The first-order valence-electron chi connectivity index (χ1n) is 6.28. The van der Waals surface area contributed by atoms with Gasteiger partial charge in [0.15, 0.2) is 0 Å². The van der Waals surface area contributed by atoms with Crippen molar-refractivity contribution in [2.45, 2.75) is 18.8 Å². The van der Waals surface area contributed by atoms with E-state index in [1.54, 1.807) is 12.1 Å². The van der Waals surface area contributed by atoms with Gasteiger partial charge in [-0.2, -0.15) is 0 Å². The average Bonchev–Trinajstić information content (AvgIpc) is 2.82. The first-order valence-corrected chi connectivity index (χ1v) is 7.04. The highest BCUT2D eigenvalue weighted by molar-refractivity contribution is 6.42. The number of aromatic nitrogens is 2. The zero-order valence-corrected chi connectivity index (χ0v) is 11.9. The normalized spacial score (nSPS) is 22.3. The maximum atomic E-state index is 11.3. The van der Waals surface area contributed by atoms with Gasteiger partial charge in [0.1, 0.15) is 5.82 Å². The highest BCUT2D eigenvalue weighted by atomic mass is 35.5. The predicted molar refractivity (Wildman–Crippen MR) is 78.4 cm³/mol. The Balaban J connectivity index is 2.05. The van der Waals surface area contributed by atoms with Gasteiger partial charge < -0.3 is 10.1 Å². The van der Waals surface area contributed by atoms with Crippen LogP contribution in [0.4, 0.5) is 0 Å². The number of aliphatic carboxylic acids is 1. The maximum absolute atomic E-state index is 11.3. The molecule has 0 spiro atoms. The Bertz CT molecular complexity index is 670. The highest BCUT2D eigenvalue weighted by Gasteiger charge is 2.32. The van der Waals surface area contributed by atoms with Crippen molar-refractivity contribution in [2.24, 2.45) is 5.92 Å². The van der Waals surface area contributed by atoms with Crippen LogP contribution in [0.15, 0.2) is 24.3 Å². The lowest BCUT2D eigenvalue weighted by Crippen LogP contribution is -2.24. The lowest BCUT2D eigenvalue weighted by Gasteiger charge is -2.23. The van der Waals surface area contributed by atoms with Gasteiger partial charge >= 0.3 is 5.97 Å². The van der Waals surface area contributed by atoms with Crippen molar-refractivity contribution in [1.29, 1.82) is 0 Å². The number of allylic oxidation sites excluding steroid dienone is 2. The number of nitrogens with one attached hydrogen (secondary N) is 1. The molecule has 2 atom stereocenters. The van der Waals surface area contributed by atoms with Crippen LogP contribution in [0.3, 0.4) is 0 Å². The second kappa shape index (κ2) is 5.11. The Morgan fingerprint density at radius 3 is 2.70 bits per heavy atom. The molecule has 0 amide bonds. The fraction of sp³-hybridized carbons (Fsp3) is 0.286. The molecule has 0 radical (unpaired) electrons. The third-order valence-electron chi connectivity index (χ3n) is 3.64. The molecule has 1 heterocycles. The van der Waals surface area contributed by atoms with Crippen molar-refractivity contribution in [3.63, 3.8) is 0 Å². The van der Waals surface area contributed by atoms with E-state index in [1.165, 1.54) is 0 Å². The van der Waals surface area contributed by atoms with Crippen LogP contribution in [0.2, 0.25) is 10.0 Å². The quantitative estimate of drug-likeness (QED) is 0.824. The van der Waals surface area contributed by atoms with Gasteiger partial charge in [-0.3, -0.25) is 4.79 Å². The summed E-state index contributed by atoms with van der Waals surface area (Å²) < 4.78 is 0. The number of benzene rings is 1. The molecule has 0 fully saturated rings. The molecule has 3 rings (SSSR count). The predicted octanol–water partition coefficient (Wildman–Crippen LogP) is 4.00. The molecule has 0 aliphatic heterocycles. The van der Waals surface area contributed by atoms with Gasteiger partial charge in [-0.15, -0.1) is 0 Å². The molecule has 2 unspecified atom stereocenters. The molecule has 1 aliphatic rings. The number of aromatic amines is 1. The number of halogens is 2. The number of carboxylic acids is 1. The minimum absolute atomic E-state index is 0.151. The third-order valence-corrected chi connectivity index (χ3v) is 4.37. The largest absolute Gasteiger partial charge is 0.481 e.